The standard InChI is InChI=1S/C27H34N2O8/c1-27(2)16-36-26(19-9-11-20(34-3)12-10-19)37-22(27)24(32)28-14-13-21(30)23(31)29-15-17-5-7-18(8-6-17)25(33)35-4/h5-12,21-22,26,30H,13-16H2,1-4H3,(H,28,32)(H,29,31)/t21?,22-,26+/m0/s1. The summed E-state index contributed by atoms with van der Waals surface area (Å²) < 4.78 is 21.7. The molecule has 2 amide bonds. The highest BCUT2D eigenvalue weighted by Gasteiger charge is 2.43. The van der Waals surface area contributed by atoms with E-state index in [2.05, 4.69) is 15.4 Å². The predicted molar refractivity (Wildman–Crippen MR) is 134 cm³/mol. The van der Waals surface area contributed by atoms with Crippen molar-refractivity contribution in [2.24, 2.45) is 5.41 Å². The van der Waals surface area contributed by atoms with Crippen molar-refractivity contribution in [3.63, 3.8) is 0 Å². The second-order valence-corrected chi connectivity index (χ2v) is 9.42. The average Bonchev–Trinajstić information content (AvgIpc) is 2.91. The van der Waals surface area contributed by atoms with Gasteiger partial charge >= 0.3 is 5.97 Å². The number of hydrogen-bond donors (Lipinski definition) is 3. The smallest absolute Gasteiger partial charge is 0.337 e. The number of nitrogens with one attached hydrogen (secondary N) is 2. The number of aliphatic hydroxyl groups excluding tert-OH is 1. The van der Waals surface area contributed by atoms with Crippen molar-refractivity contribution in [1.82, 2.24) is 10.6 Å². The predicted octanol–water partition coefficient (Wildman–Crippen LogP) is 2.11. The highest BCUT2D eigenvalue weighted by molar-refractivity contribution is 5.89. The second kappa shape index (κ2) is 12.7. The van der Waals surface area contributed by atoms with E-state index in [9.17, 15) is 19.5 Å². The van der Waals surface area contributed by atoms with E-state index in [0.717, 1.165) is 11.1 Å². The third kappa shape index (κ3) is 7.51. The maximum Gasteiger partial charge on any atom is 0.337 e. The van der Waals surface area contributed by atoms with Gasteiger partial charge in [-0.05, 0) is 36.2 Å². The molecule has 3 N–H and O–H groups in total. The van der Waals surface area contributed by atoms with Crippen LogP contribution >= 0.6 is 0 Å². The number of esters is 1. The molecular formula is C27H34N2O8. The number of carbonyl (C=O) groups excluding carboxylic acids is 3. The molecule has 1 saturated heterocycles. The summed E-state index contributed by atoms with van der Waals surface area (Å²) in [5.41, 5.74) is 1.35. The first kappa shape index (κ1) is 28.1. The summed E-state index contributed by atoms with van der Waals surface area (Å²) in [6.45, 7) is 4.34. The van der Waals surface area contributed by atoms with Crippen LogP contribution in [0.4, 0.5) is 0 Å². The lowest BCUT2D eigenvalue weighted by atomic mass is 9.85. The molecule has 3 atom stereocenters. The summed E-state index contributed by atoms with van der Waals surface area (Å²) in [5, 5.41) is 15.6. The molecule has 0 aromatic heterocycles. The number of hydrogen-bond acceptors (Lipinski definition) is 8. The molecule has 0 radical (unpaired) electrons. The molecule has 2 aromatic rings. The normalized spacial score (nSPS) is 19.4. The SMILES string of the molecule is COC(=O)c1ccc(CNC(=O)C(O)CCNC(=O)[C@@H]2O[C@H](c3ccc(OC)cc3)OCC2(C)C)cc1. The van der Waals surface area contributed by atoms with Crippen LogP contribution < -0.4 is 15.4 Å². The number of benzene rings is 2. The molecule has 200 valence electrons. The Kier molecular flexibility index (Phi) is 9.62. The summed E-state index contributed by atoms with van der Waals surface area (Å²) in [7, 11) is 2.88. The van der Waals surface area contributed by atoms with Crippen LogP contribution in [0.15, 0.2) is 48.5 Å². The lowest BCUT2D eigenvalue weighted by Gasteiger charge is -2.41. The number of ether oxygens (including phenoxy) is 4. The van der Waals surface area contributed by atoms with Crippen molar-refractivity contribution < 1.29 is 38.4 Å². The van der Waals surface area contributed by atoms with Crippen molar-refractivity contribution in [3.8, 4) is 5.75 Å². The number of carbonyl (C=O) groups is 3. The Morgan fingerprint density at radius 2 is 1.73 bits per heavy atom. The Hall–Kier alpha value is -3.47. The molecule has 1 fully saturated rings. The Labute approximate surface area is 216 Å². The fourth-order valence-corrected chi connectivity index (χ4v) is 3.81. The van der Waals surface area contributed by atoms with Gasteiger partial charge in [-0.25, -0.2) is 4.79 Å². The number of methoxy groups -OCH3 is 2. The van der Waals surface area contributed by atoms with Crippen LogP contribution in [0, 0.1) is 5.41 Å². The van der Waals surface area contributed by atoms with Crippen molar-refractivity contribution in [2.75, 3.05) is 27.4 Å². The highest BCUT2D eigenvalue weighted by atomic mass is 16.7. The third-order valence-electron chi connectivity index (χ3n) is 6.06. The average molecular weight is 515 g/mol. The Balaban J connectivity index is 1.46. The lowest BCUT2D eigenvalue weighted by Crippen LogP contribution is -2.52. The van der Waals surface area contributed by atoms with E-state index in [1.54, 1.807) is 43.5 Å². The van der Waals surface area contributed by atoms with E-state index in [-0.39, 0.29) is 25.4 Å². The monoisotopic (exact) mass is 514 g/mol. The topological polar surface area (TPSA) is 132 Å². The number of rotatable bonds is 10. The van der Waals surface area contributed by atoms with Crippen LogP contribution in [0.3, 0.4) is 0 Å². The maximum atomic E-state index is 12.9. The molecule has 3 rings (SSSR count). The van der Waals surface area contributed by atoms with Crippen molar-refractivity contribution >= 4 is 17.8 Å². The van der Waals surface area contributed by atoms with Crippen LogP contribution in [-0.2, 0) is 30.3 Å². The van der Waals surface area contributed by atoms with Gasteiger partial charge in [0.05, 0.1) is 26.4 Å². The highest BCUT2D eigenvalue weighted by Crippen LogP contribution is 2.36. The molecule has 10 nitrogen and oxygen atoms in total. The summed E-state index contributed by atoms with van der Waals surface area (Å²) in [4.78, 5) is 36.7. The zero-order valence-corrected chi connectivity index (χ0v) is 21.5. The fraction of sp³-hybridized carbons (Fsp3) is 0.444. The zero-order valence-electron chi connectivity index (χ0n) is 21.5. The summed E-state index contributed by atoms with van der Waals surface area (Å²) in [6, 6.07) is 13.8. The van der Waals surface area contributed by atoms with Gasteiger partial charge in [-0.15, -0.1) is 0 Å². The molecule has 2 aromatic carbocycles. The summed E-state index contributed by atoms with van der Waals surface area (Å²) >= 11 is 0. The molecule has 1 aliphatic rings. The van der Waals surface area contributed by atoms with E-state index >= 15 is 0 Å². The van der Waals surface area contributed by atoms with Gasteiger partial charge in [-0.1, -0.05) is 38.1 Å². The fourth-order valence-electron chi connectivity index (χ4n) is 3.81. The minimum absolute atomic E-state index is 0.0322. The molecule has 0 aliphatic carbocycles. The quantitative estimate of drug-likeness (QED) is 0.411. The molecule has 0 saturated carbocycles. The molecule has 0 bridgehead atoms. The van der Waals surface area contributed by atoms with Crippen LogP contribution in [-0.4, -0.2) is 62.5 Å². The van der Waals surface area contributed by atoms with E-state index in [1.807, 2.05) is 26.0 Å². The Bertz CT molecular complexity index is 1070. The molecule has 1 heterocycles. The third-order valence-corrected chi connectivity index (χ3v) is 6.06. The Morgan fingerprint density at radius 1 is 1.05 bits per heavy atom. The molecular weight excluding hydrogens is 480 g/mol. The van der Waals surface area contributed by atoms with E-state index in [4.69, 9.17) is 14.2 Å². The minimum atomic E-state index is -1.30. The van der Waals surface area contributed by atoms with Crippen molar-refractivity contribution in [2.45, 2.75) is 45.3 Å². The van der Waals surface area contributed by atoms with E-state index < -0.39 is 35.8 Å². The Morgan fingerprint density at radius 3 is 2.35 bits per heavy atom. The van der Waals surface area contributed by atoms with Gasteiger partial charge in [-0.2, -0.15) is 0 Å². The molecule has 1 unspecified atom stereocenters. The molecule has 0 spiro atoms. The van der Waals surface area contributed by atoms with Gasteiger partial charge < -0.3 is 34.7 Å². The van der Waals surface area contributed by atoms with Gasteiger partial charge in [-0.3, -0.25) is 9.59 Å². The number of amides is 2. The van der Waals surface area contributed by atoms with Crippen LogP contribution in [0.25, 0.3) is 0 Å². The zero-order chi connectivity index (χ0) is 27.0. The molecule has 37 heavy (non-hydrogen) atoms. The second-order valence-electron chi connectivity index (χ2n) is 9.42. The van der Waals surface area contributed by atoms with Crippen molar-refractivity contribution in [1.29, 1.82) is 0 Å². The summed E-state index contributed by atoms with van der Waals surface area (Å²) in [5.74, 6) is -0.647. The minimum Gasteiger partial charge on any atom is -0.497 e. The molecule has 10 heteroatoms. The van der Waals surface area contributed by atoms with Crippen LogP contribution in [0.1, 0.15) is 48.0 Å². The van der Waals surface area contributed by atoms with Gasteiger partial charge in [0.15, 0.2) is 6.29 Å². The van der Waals surface area contributed by atoms with Gasteiger partial charge in [0.2, 0.25) is 11.8 Å². The van der Waals surface area contributed by atoms with E-state index in [0.29, 0.717) is 17.9 Å². The molecule has 1 aliphatic heterocycles. The maximum absolute atomic E-state index is 12.9. The summed E-state index contributed by atoms with van der Waals surface area (Å²) in [6.07, 6.45) is -2.75. The van der Waals surface area contributed by atoms with Crippen LogP contribution in [0.2, 0.25) is 0 Å². The van der Waals surface area contributed by atoms with E-state index in [1.165, 1.54) is 7.11 Å². The first-order chi connectivity index (χ1) is 17.6. The van der Waals surface area contributed by atoms with Gasteiger partial charge in [0, 0.05) is 24.1 Å². The largest absolute Gasteiger partial charge is 0.497 e. The first-order valence-electron chi connectivity index (χ1n) is 12.0. The van der Waals surface area contributed by atoms with Gasteiger partial charge in [0.25, 0.3) is 0 Å². The lowest BCUT2D eigenvalue weighted by molar-refractivity contribution is -0.258. The van der Waals surface area contributed by atoms with Gasteiger partial charge in [0.1, 0.15) is 18.0 Å². The van der Waals surface area contributed by atoms with Crippen molar-refractivity contribution in [3.05, 3.63) is 65.2 Å². The number of aliphatic hydroxyl groups is 1. The van der Waals surface area contributed by atoms with Crippen LogP contribution in [0.5, 0.6) is 5.75 Å². The first-order valence-corrected chi connectivity index (χ1v) is 12.0.